The summed E-state index contributed by atoms with van der Waals surface area (Å²) >= 11 is 6.10. The van der Waals surface area contributed by atoms with Gasteiger partial charge in [0.25, 0.3) is 0 Å². The number of carbonyl (C=O) groups excluding carboxylic acids is 1. The van der Waals surface area contributed by atoms with Crippen molar-refractivity contribution in [2.45, 2.75) is 6.92 Å². The monoisotopic (exact) mass is 304 g/mol. The maximum atomic E-state index is 11.6. The first-order valence-corrected chi connectivity index (χ1v) is 6.71. The molecule has 0 fully saturated rings. The number of halogens is 1. The van der Waals surface area contributed by atoms with E-state index in [-0.39, 0.29) is 5.56 Å². The van der Waals surface area contributed by atoms with Crippen LogP contribution < -0.4 is 0 Å². The van der Waals surface area contributed by atoms with Crippen LogP contribution in [0.5, 0.6) is 0 Å². The van der Waals surface area contributed by atoms with Crippen molar-refractivity contribution in [3.63, 3.8) is 0 Å². The highest BCUT2D eigenvalue weighted by Crippen LogP contribution is 2.29. The summed E-state index contributed by atoms with van der Waals surface area (Å²) in [5, 5.41) is 9.47. The molecule has 0 saturated heterocycles. The molecule has 1 N–H and O–H groups in total. The number of carboxylic acid groups (broad SMARTS) is 1. The molecule has 0 radical (unpaired) electrons. The second-order valence-corrected chi connectivity index (χ2v) is 4.70. The van der Waals surface area contributed by atoms with Crippen LogP contribution in [0.1, 0.15) is 27.6 Å². The Morgan fingerprint density at radius 3 is 2.29 bits per heavy atom. The predicted octanol–water partition coefficient (Wildman–Crippen LogP) is 3.88. The lowest BCUT2D eigenvalue weighted by Crippen LogP contribution is -2.04. The average Bonchev–Trinajstić information content (AvgIpc) is 2.48. The van der Waals surface area contributed by atoms with Crippen LogP contribution in [0, 0.1) is 0 Å². The summed E-state index contributed by atoms with van der Waals surface area (Å²) in [5.74, 6) is -1.41. The average molecular weight is 305 g/mol. The Bertz CT molecular complexity index is 677. The molecule has 0 spiro atoms. The molecule has 0 amide bonds. The van der Waals surface area contributed by atoms with Gasteiger partial charge in [0.15, 0.2) is 0 Å². The summed E-state index contributed by atoms with van der Waals surface area (Å²) < 4.78 is 4.91. The SMILES string of the molecule is CCOC(=O)c1ccc(-c2cc(C(=O)O)ccc2Cl)cc1. The molecule has 4 nitrogen and oxygen atoms in total. The van der Waals surface area contributed by atoms with Gasteiger partial charge in [0.2, 0.25) is 0 Å². The third-order valence-corrected chi connectivity index (χ3v) is 3.25. The van der Waals surface area contributed by atoms with Crippen molar-refractivity contribution < 1.29 is 19.4 Å². The van der Waals surface area contributed by atoms with E-state index in [0.717, 1.165) is 5.56 Å². The summed E-state index contributed by atoms with van der Waals surface area (Å²) in [4.78, 5) is 22.6. The number of carbonyl (C=O) groups is 2. The number of hydrogen-bond acceptors (Lipinski definition) is 3. The Labute approximate surface area is 126 Å². The number of benzene rings is 2. The van der Waals surface area contributed by atoms with Crippen LogP contribution in [0.3, 0.4) is 0 Å². The number of rotatable bonds is 4. The zero-order chi connectivity index (χ0) is 15.4. The molecule has 5 heteroatoms. The molecule has 0 aliphatic rings. The fraction of sp³-hybridized carbons (Fsp3) is 0.125. The lowest BCUT2D eigenvalue weighted by Gasteiger charge is -2.07. The van der Waals surface area contributed by atoms with Crippen LogP contribution in [0.25, 0.3) is 11.1 Å². The van der Waals surface area contributed by atoms with E-state index in [4.69, 9.17) is 21.4 Å². The van der Waals surface area contributed by atoms with E-state index in [0.29, 0.717) is 22.8 Å². The third kappa shape index (κ3) is 3.41. The number of aromatic carboxylic acids is 1. The largest absolute Gasteiger partial charge is 0.478 e. The molecule has 0 atom stereocenters. The number of esters is 1. The van der Waals surface area contributed by atoms with Gasteiger partial charge < -0.3 is 9.84 Å². The summed E-state index contributed by atoms with van der Waals surface area (Å²) in [7, 11) is 0. The van der Waals surface area contributed by atoms with Crippen LogP contribution in [0.4, 0.5) is 0 Å². The zero-order valence-electron chi connectivity index (χ0n) is 11.3. The van der Waals surface area contributed by atoms with E-state index < -0.39 is 11.9 Å². The maximum absolute atomic E-state index is 11.6. The molecule has 21 heavy (non-hydrogen) atoms. The fourth-order valence-corrected chi connectivity index (χ4v) is 2.11. The molecule has 0 bridgehead atoms. The van der Waals surface area contributed by atoms with Crippen molar-refractivity contribution in [2.24, 2.45) is 0 Å². The van der Waals surface area contributed by atoms with Crippen molar-refractivity contribution in [3.8, 4) is 11.1 Å². The van der Waals surface area contributed by atoms with Crippen LogP contribution in [-0.2, 0) is 4.74 Å². The molecule has 0 saturated carbocycles. The van der Waals surface area contributed by atoms with Gasteiger partial charge in [-0.05, 0) is 42.8 Å². The second-order valence-electron chi connectivity index (χ2n) is 4.30. The van der Waals surface area contributed by atoms with Gasteiger partial charge in [-0.1, -0.05) is 23.7 Å². The number of hydrogen-bond donors (Lipinski definition) is 1. The van der Waals surface area contributed by atoms with Gasteiger partial charge in [0.05, 0.1) is 17.7 Å². The first-order chi connectivity index (χ1) is 10.0. The minimum Gasteiger partial charge on any atom is -0.478 e. The van der Waals surface area contributed by atoms with Crippen molar-refractivity contribution >= 4 is 23.5 Å². The van der Waals surface area contributed by atoms with Crippen LogP contribution in [0.15, 0.2) is 42.5 Å². The molecule has 108 valence electrons. The molecule has 0 heterocycles. The Hall–Kier alpha value is -2.33. The van der Waals surface area contributed by atoms with Crippen LogP contribution in [-0.4, -0.2) is 23.7 Å². The normalized spacial score (nSPS) is 10.2. The van der Waals surface area contributed by atoms with Crippen molar-refractivity contribution in [1.29, 1.82) is 0 Å². The number of carboxylic acids is 1. The Kier molecular flexibility index (Phi) is 4.60. The van der Waals surface area contributed by atoms with E-state index in [1.54, 1.807) is 37.3 Å². The zero-order valence-corrected chi connectivity index (χ0v) is 12.1. The van der Waals surface area contributed by atoms with E-state index in [1.807, 2.05) is 0 Å². The standard InChI is InChI=1S/C16H13ClO4/c1-2-21-16(20)11-5-3-10(4-6-11)13-9-12(15(18)19)7-8-14(13)17/h3-9H,2H2,1H3,(H,18,19). The smallest absolute Gasteiger partial charge is 0.338 e. The summed E-state index contributed by atoms with van der Waals surface area (Å²) in [6.45, 7) is 2.05. The number of ether oxygens (including phenoxy) is 1. The Balaban J connectivity index is 2.36. The highest BCUT2D eigenvalue weighted by Gasteiger charge is 2.11. The maximum Gasteiger partial charge on any atom is 0.338 e. The lowest BCUT2D eigenvalue weighted by atomic mass is 10.0. The molecule has 0 unspecified atom stereocenters. The molecular weight excluding hydrogens is 292 g/mol. The summed E-state index contributed by atoms with van der Waals surface area (Å²) in [6.07, 6.45) is 0. The lowest BCUT2D eigenvalue weighted by molar-refractivity contribution is 0.0526. The van der Waals surface area contributed by atoms with E-state index >= 15 is 0 Å². The van der Waals surface area contributed by atoms with Crippen LogP contribution >= 0.6 is 11.6 Å². The molecular formula is C16H13ClO4. The summed E-state index contributed by atoms with van der Waals surface area (Å²) in [6, 6.07) is 11.1. The highest BCUT2D eigenvalue weighted by molar-refractivity contribution is 6.33. The van der Waals surface area contributed by atoms with Gasteiger partial charge >= 0.3 is 11.9 Å². The van der Waals surface area contributed by atoms with Crippen molar-refractivity contribution in [3.05, 3.63) is 58.6 Å². The van der Waals surface area contributed by atoms with Gasteiger partial charge in [0, 0.05) is 10.6 Å². The highest BCUT2D eigenvalue weighted by atomic mass is 35.5. The molecule has 2 aromatic carbocycles. The van der Waals surface area contributed by atoms with Gasteiger partial charge in [-0.3, -0.25) is 0 Å². The molecule has 0 aliphatic heterocycles. The van der Waals surface area contributed by atoms with Gasteiger partial charge in [-0.2, -0.15) is 0 Å². The summed E-state index contributed by atoms with van der Waals surface area (Å²) in [5.41, 5.74) is 1.93. The Morgan fingerprint density at radius 1 is 1.10 bits per heavy atom. The molecule has 0 aliphatic carbocycles. The molecule has 2 aromatic rings. The van der Waals surface area contributed by atoms with Crippen LogP contribution in [0.2, 0.25) is 5.02 Å². The predicted molar refractivity (Wildman–Crippen MR) is 79.8 cm³/mol. The van der Waals surface area contributed by atoms with Crippen molar-refractivity contribution in [1.82, 2.24) is 0 Å². The van der Waals surface area contributed by atoms with E-state index in [2.05, 4.69) is 0 Å². The van der Waals surface area contributed by atoms with E-state index in [1.165, 1.54) is 12.1 Å². The quantitative estimate of drug-likeness (QED) is 0.871. The minimum absolute atomic E-state index is 0.156. The third-order valence-electron chi connectivity index (χ3n) is 2.92. The first kappa shape index (κ1) is 15.1. The Morgan fingerprint density at radius 2 is 1.71 bits per heavy atom. The minimum atomic E-state index is -1.02. The molecule has 0 aromatic heterocycles. The first-order valence-electron chi connectivity index (χ1n) is 6.33. The second kappa shape index (κ2) is 6.41. The van der Waals surface area contributed by atoms with Gasteiger partial charge in [0.1, 0.15) is 0 Å². The van der Waals surface area contributed by atoms with Crippen molar-refractivity contribution in [2.75, 3.05) is 6.61 Å². The van der Waals surface area contributed by atoms with Gasteiger partial charge in [-0.25, -0.2) is 9.59 Å². The fourth-order valence-electron chi connectivity index (χ4n) is 1.88. The van der Waals surface area contributed by atoms with Gasteiger partial charge in [-0.15, -0.1) is 0 Å². The topological polar surface area (TPSA) is 63.6 Å². The molecule has 2 rings (SSSR count). The van der Waals surface area contributed by atoms with E-state index in [9.17, 15) is 9.59 Å².